The summed E-state index contributed by atoms with van der Waals surface area (Å²) in [5.74, 6) is -0.762. The molecule has 0 saturated heterocycles. The van der Waals surface area contributed by atoms with Gasteiger partial charge in [-0.3, -0.25) is 9.59 Å². The highest BCUT2D eigenvalue weighted by molar-refractivity contribution is 6.30. The van der Waals surface area contributed by atoms with Crippen LogP contribution in [0.25, 0.3) is 21.7 Å². The molecule has 0 saturated carbocycles. The highest BCUT2D eigenvalue weighted by atomic mass is 35.5. The van der Waals surface area contributed by atoms with Crippen LogP contribution in [0.15, 0.2) is 95.8 Å². The van der Waals surface area contributed by atoms with Crippen molar-refractivity contribution in [3.8, 4) is 5.75 Å². The molecule has 1 unspecified atom stereocenters. The summed E-state index contributed by atoms with van der Waals surface area (Å²) in [6.07, 6.45) is -0.0418. The molecule has 1 aromatic heterocycles. The Bertz CT molecular complexity index is 1570. The molecule has 5 rings (SSSR count). The van der Waals surface area contributed by atoms with Crippen molar-refractivity contribution in [3.05, 3.63) is 117 Å². The van der Waals surface area contributed by atoms with Crippen molar-refractivity contribution in [2.75, 3.05) is 5.32 Å². The molecule has 3 N–H and O–H groups in total. The first kappa shape index (κ1) is 21.7. The van der Waals surface area contributed by atoms with E-state index in [4.69, 9.17) is 11.6 Å². The third-order valence-electron chi connectivity index (χ3n) is 5.95. The third kappa shape index (κ3) is 4.14. The Morgan fingerprint density at radius 2 is 1.56 bits per heavy atom. The zero-order valence-corrected chi connectivity index (χ0v) is 18.8. The minimum Gasteiger partial charge on any atom is -0.506 e. The molecular weight excluding hydrogens is 448 g/mol. The Hall–Kier alpha value is -4.09. The lowest BCUT2D eigenvalue weighted by Gasteiger charge is -2.21. The van der Waals surface area contributed by atoms with E-state index in [0.717, 1.165) is 22.0 Å². The summed E-state index contributed by atoms with van der Waals surface area (Å²) >= 11 is 6.09. The minimum atomic E-state index is -0.610. The highest BCUT2D eigenvalue weighted by Gasteiger charge is 2.24. The fraction of sp³-hybridized carbons (Fsp3) is 0.0714. The second kappa shape index (κ2) is 9.04. The van der Waals surface area contributed by atoms with Gasteiger partial charge in [-0.15, -0.1) is 0 Å². The van der Waals surface area contributed by atoms with Crippen molar-refractivity contribution in [1.29, 1.82) is 0 Å². The molecule has 5 aromatic rings. The zero-order valence-electron chi connectivity index (χ0n) is 18.1. The lowest BCUT2D eigenvalue weighted by atomic mass is 9.96. The molecule has 0 spiro atoms. The van der Waals surface area contributed by atoms with Crippen LogP contribution in [0.3, 0.4) is 0 Å². The molecule has 0 aliphatic heterocycles. The van der Waals surface area contributed by atoms with Crippen LogP contribution in [0.5, 0.6) is 5.75 Å². The van der Waals surface area contributed by atoms with E-state index in [1.165, 1.54) is 0 Å². The number of aromatic nitrogens is 1. The molecule has 0 aliphatic carbocycles. The number of hydrogen-bond acceptors (Lipinski definition) is 4. The Balaban J connectivity index is 1.55. The average Bonchev–Trinajstić information content (AvgIpc) is 2.84. The van der Waals surface area contributed by atoms with Gasteiger partial charge >= 0.3 is 0 Å². The number of pyridine rings is 1. The molecule has 0 bridgehead atoms. The molecule has 5 nitrogen and oxygen atoms in total. The van der Waals surface area contributed by atoms with Gasteiger partial charge < -0.3 is 15.4 Å². The van der Waals surface area contributed by atoms with Gasteiger partial charge in [-0.1, -0.05) is 72.3 Å². The van der Waals surface area contributed by atoms with Gasteiger partial charge in [0.15, 0.2) is 5.78 Å². The summed E-state index contributed by atoms with van der Waals surface area (Å²) in [7, 11) is 0. The maximum absolute atomic E-state index is 13.4. The zero-order chi connectivity index (χ0) is 23.7. The lowest BCUT2D eigenvalue weighted by molar-refractivity contribution is 0.0972. The second-order valence-corrected chi connectivity index (χ2v) is 8.56. The number of carbonyl (C=O) groups is 1. The predicted octanol–water partition coefficient (Wildman–Crippen LogP) is 6.47. The molecule has 34 heavy (non-hydrogen) atoms. The lowest BCUT2D eigenvalue weighted by Crippen LogP contribution is -2.22. The quantitative estimate of drug-likeness (QED) is 0.249. The number of anilines is 1. The molecule has 0 radical (unpaired) electrons. The number of benzene rings is 4. The molecule has 1 atom stereocenters. The standard InChI is InChI=1S/C28H21ClN2O3/c29-19-14-12-18(13-15-19)24(30-22-11-5-7-17-6-1-2-8-20(17)22)16-25(32)26-27(33)21-9-3-4-10-23(21)31-28(26)34/h1-15,24,30H,16H2,(H2,31,33,34). The highest BCUT2D eigenvalue weighted by Crippen LogP contribution is 2.32. The van der Waals surface area contributed by atoms with Gasteiger partial charge in [-0.25, -0.2) is 0 Å². The monoisotopic (exact) mass is 468 g/mol. The van der Waals surface area contributed by atoms with Crippen molar-refractivity contribution < 1.29 is 9.90 Å². The molecule has 0 aliphatic rings. The van der Waals surface area contributed by atoms with Crippen LogP contribution < -0.4 is 10.9 Å². The smallest absolute Gasteiger partial charge is 0.263 e. The van der Waals surface area contributed by atoms with Crippen LogP contribution in [0.1, 0.15) is 28.4 Å². The van der Waals surface area contributed by atoms with Gasteiger partial charge in [-0.05, 0) is 41.3 Å². The maximum atomic E-state index is 13.4. The first-order valence-electron chi connectivity index (χ1n) is 10.9. The van der Waals surface area contributed by atoms with Crippen LogP contribution in [0.4, 0.5) is 5.69 Å². The molecule has 6 heteroatoms. The van der Waals surface area contributed by atoms with Crippen LogP contribution in [0, 0.1) is 0 Å². The van der Waals surface area contributed by atoms with E-state index in [1.807, 2.05) is 54.6 Å². The fourth-order valence-corrected chi connectivity index (χ4v) is 4.38. The number of H-pyrrole nitrogens is 1. The molecule has 4 aromatic carbocycles. The van der Waals surface area contributed by atoms with E-state index in [0.29, 0.717) is 15.9 Å². The number of carbonyl (C=O) groups excluding carboxylic acids is 1. The van der Waals surface area contributed by atoms with Crippen molar-refractivity contribution in [2.45, 2.75) is 12.5 Å². The summed E-state index contributed by atoms with van der Waals surface area (Å²) in [4.78, 5) is 28.8. The Kier molecular flexibility index (Phi) is 5.78. The summed E-state index contributed by atoms with van der Waals surface area (Å²) in [6, 6.07) is 27.5. The number of Topliss-reactive ketones (excluding diaryl/α,β-unsaturated/α-hetero) is 1. The Morgan fingerprint density at radius 3 is 2.35 bits per heavy atom. The summed E-state index contributed by atoms with van der Waals surface area (Å²) < 4.78 is 0. The third-order valence-corrected chi connectivity index (χ3v) is 6.21. The largest absolute Gasteiger partial charge is 0.506 e. The normalized spacial score (nSPS) is 12.0. The topological polar surface area (TPSA) is 82.2 Å². The molecule has 1 heterocycles. The number of fused-ring (bicyclic) bond motifs is 2. The van der Waals surface area contributed by atoms with Crippen LogP contribution in [0.2, 0.25) is 5.02 Å². The number of rotatable bonds is 6. The maximum Gasteiger partial charge on any atom is 0.263 e. The van der Waals surface area contributed by atoms with E-state index in [1.54, 1.807) is 36.4 Å². The molecule has 0 fully saturated rings. The SMILES string of the molecule is O=C(CC(Nc1cccc2ccccc12)c1ccc(Cl)cc1)c1c(O)c2ccccc2[nH]c1=O. The number of ketones is 1. The summed E-state index contributed by atoms with van der Waals surface area (Å²) in [5, 5.41) is 17.3. The predicted molar refractivity (Wildman–Crippen MR) is 137 cm³/mol. The van der Waals surface area contributed by atoms with E-state index < -0.39 is 17.4 Å². The fourth-order valence-electron chi connectivity index (χ4n) is 4.26. The number of hydrogen-bond donors (Lipinski definition) is 3. The van der Waals surface area contributed by atoms with E-state index in [-0.39, 0.29) is 17.7 Å². The van der Waals surface area contributed by atoms with Gasteiger partial charge in [0.25, 0.3) is 5.56 Å². The summed E-state index contributed by atoms with van der Waals surface area (Å²) in [6.45, 7) is 0. The molecule has 168 valence electrons. The summed E-state index contributed by atoms with van der Waals surface area (Å²) in [5.41, 5.74) is 1.33. The number of para-hydroxylation sites is 1. The number of halogens is 1. The minimum absolute atomic E-state index is 0.0418. The van der Waals surface area contributed by atoms with Gasteiger partial charge in [-0.2, -0.15) is 0 Å². The van der Waals surface area contributed by atoms with Gasteiger partial charge in [0, 0.05) is 27.9 Å². The van der Waals surface area contributed by atoms with E-state index in [2.05, 4.69) is 10.3 Å². The van der Waals surface area contributed by atoms with Crippen LogP contribution >= 0.6 is 11.6 Å². The first-order valence-corrected chi connectivity index (χ1v) is 11.3. The number of nitrogens with one attached hydrogen (secondary N) is 2. The van der Waals surface area contributed by atoms with Crippen molar-refractivity contribution in [1.82, 2.24) is 4.98 Å². The Labute approximate surface area is 200 Å². The van der Waals surface area contributed by atoms with Crippen LogP contribution in [-0.4, -0.2) is 15.9 Å². The first-order chi connectivity index (χ1) is 16.5. The van der Waals surface area contributed by atoms with Gasteiger partial charge in [0.05, 0.1) is 11.6 Å². The second-order valence-electron chi connectivity index (χ2n) is 8.13. The Morgan fingerprint density at radius 1 is 0.882 bits per heavy atom. The van der Waals surface area contributed by atoms with Crippen LogP contribution in [-0.2, 0) is 0 Å². The van der Waals surface area contributed by atoms with Crippen molar-refractivity contribution in [3.63, 3.8) is 0 Å². The van der Waals surface area contributed by atoms with E-state index in [9.17, 15) is 14.7 Å². The van der Waals surface area contributed by atoms with E-state index >= 15 is 0 Å². The van der Waals surface area contributed by atoms with Crippen molar-refractivity contribution >= 4 is 44.7 Å². The molecule has 0 amide bonds. The van der Waals surface area contributed by atoms with Gasteiger partial charge in [0.1, 0.15) is 11.3 Å². The number of aromatic hydroxyl groups is 1. The number of aromatic amines is 1. The average molecular weight is 469 g/mol. The molecular formula is C28H21ClN2O3. The van der Waals surface area contributed by atoms with Crippen molar-refractivity contribution in [2.24, 2.45) is 0 Å². The van der Waals surface area contributed by atoms with Gasteiger partial charge in [0.2, 0.25) is 0 Å².